The maximum atomic E-state index is 11.4. The SMILES string of the molecule is CC(=O)c1ccc(N2CCN(CC=Cc3ccccc3[N+](=O)[O-])CC2)cc1. The van der Waals surface area contributed by atoms with Crippen LogP contribution in [0.2, 0.25) is 0 Å². The van der Waals surface area contributed by atoms with Crippen LogP contribution in [0.1, 0.15) is 22.8 Å². The minimum atomic E-state index is -0.351. The van der Waals surface area contributed by atoms with Gasteiger partial charge in [0.1, 0.15) is 0 Å². The first-order valence-corrected chi connectivity index (χ1v) is 9.03. The Morgan fingerprint density at radius 2 is 1.74 bits per heavy atom. The van der Waals surface area contributed by atoms with Gasteiger partial charge in [-0.05, 0) is 37.3 Å². The molecule has 1 aliphatic rings. The highest BCUT2D eigenvalue weighted by atomic mass is 16.6. The first-order valence-electron chi connectivity index (χ1n) is 9.03. The predicted octanol–water partition coefficient (Wildman–Crippen LogP) is 3.63. The molecule has 140 valence electrons. The van der Waals surface area contributed by atoms with Gasteiger partial charge in [0, 0.05) is 50.0 Å². The van der Waals surface area contributed by atoms with E-state index in [2.05, 4.69) is 9.80 Å². The summed E-state index contributed by atoms with van der Waals surface area (Å²) in [7, 11) is 0. The highest BCUT2D eigenvalue weighted by molar-refractivity contribution is 5.94. The molecule has 3 rings (SSSR count). The van der Waals surface area contributed by atoms with Gasteiger partial charge in [0.25, 0.3) is 5.69 Å². The molecule has 2 aromatic carbocycles. The van der Waals surface area contributed by atoms with Crippen LogP contribution in [0.5, 0.6) is 0 Å². The molecule has 0 aromatic heterocycles. The van der Waals surface area contributed by atoms with Gasteiger partial charge < -0.3 is 4.90 Å². The van der Waals surface area contributed by atoms with E-state index in [1.54, 1.807) is 19.1 Å². The monoisotopic (exact) mass is 365 g/mol. The van der Waals surface area contributed by atoms with Gasteiger partial charge in [0.2, 0.25) is 0 Å². The van der Waals surface area contributed by atoms with Crippen LogP contribution in [0, 0.1) is 10.1 Å². The number of para-hydroxylation sites is 1. The summed E-state index contributed by atoms with van der Waals surface area (Å²) < 4.78 is 0. The van der Waals surface area contributed by atoms with E-state index in [-0.39, 0.29) is 16.4 Å². The van der Waals surface area contributed by atoms with Crippen LogP contribution in [0.4, 0.5) is 11.4 Å². The second-order valence-electron chi connectivity index (χ2n) is 6.61. The van der Waals surface area contributed by atoms with E-state index in [4.69, 9.17) is 0 Å². The van der Waals surface area contributed by atoms with Gasteiger partial charge in [-0.3, -0.25) is 19.8 Å². The summed E-state index contributed by atoms with van der Waals surface area (Å²) in [5.41, 5.74) is 2.63. The van der Waals surface area contributed by atoms with Crippen molar-refractivity contribution >= 4 is 23.2 Å². The van der Waals surface area contributed by atoms with Crippen molar-refractivity contribution < 1.29 is 9.72 Å². The normalized spacial score (nSPS) is 15.2. The number of ketones is 1. The highest BCUT2D eigenvalue weighted by Crippen LogP contribution is 2.20. The summed E-state index contributed by atoms with van der Waals surface area (Å²) in [6.07, 6.45) is 3.81. The third-order valence-electron chi connectivity index (χ3n) is 4.81. The lowest BCUT2D eigenvalue weighted by molar-refractivity contribution is -0.385. The minimum absolute atomic E-state index is 0.0804. The molecule has 0 spiro atoms. The van der Waals surface area contributed by atoms with Crippen molar-refractivity contribution in [2.24, 2.45) is 0 Å². The Bertz CT molecular complexity index is 838. The second kappa shape index (κ2) is 8.60. The number of anilines is 1. The molecule has 0 amide bonds. The smallest absolute Gasteiger partial charge is 0.276 e. The van der Waals surface area contributed by atoms with Crippen molar-refractivity contribution in [1.82, 2.24) is 4.90 Å². The molecule has 6 heteroatoms. The molecule has 0 saturated carbocycles. The number of carbonyl (C=O) groups excluding carboxylic acids is 1. The van der Waals surface area contributed by atoms with Crippen LogP contribution >= 0.6 is 0 Å². The average Bonchev–Trinajstić information content (AvgIpc) is 2.69. The van der Waals surface area contributed by atoms with Gasteiger partial charge in [-0.25, -0.2) is 0 Å². The van der Waals surface area contributed by atoms with Crippen molar-refractivity contribution in [2.45, 2.75) is 6.92 Å². The average molecular weight is 365 g/mol. The zero-order valence-corrected chi connectivity index (χ0v) is 15.4. The number of Topliss-reactive ketones (excluding diaryl/α,β-unsaturated/α-hetero) is 1. The summed E-state index contributed by atoms with van der Waals surface area (Å²) in [4.78, 5) is 26.7. The van der Waals surface area contributed by atoms with Gasteiger partial charge in [0.05, 0.1) is 10.5 Å². The number of hydrogen-bond donors (Lipinski definition) is 0. The molecule has 1 fully saturated rings. The van der Waals surface area contributed by atoms with Crippen LogP contribution in [0.15, 0.2) is 54.6 Å². The predicted molar refractivity (Wildman–Crippen MR) is 107 cm³/mol. The molecule has 0 bridgehead atoms. The Morgan fingerprint density at radius 1 is 1.07 bits per heavy atom. The summed E-state index contributed by atoms with van der Waals surface area (Å²) in [6.45, 7) is 6.03. The van der Waals surface area contributed by atoms with Crippen LogP contribution in [-0.4, -0.2) is 48.3 Å². The molecular weight excluding hydrogens is 342 g/mol. The zero-order chi connectivity index (χ0) is 19.2. The first-order chi connectivity index (χ1) is 13.0. The number of nitrogens with zero attached hydrogens (tertiary/aromatic N) is 3. The van der Waals surface area contributed by atoms with E-state index >= 15 is 0 Å². The summed E-state index contributed by atoms with van der Waals surface area (Å²) in [5.74, 6) is 0.0804. The number of hydrogen-bond acceptors (Lipinski definition) is 5. The zero-order valence-electron chi connectivity index (χ0n) is 15.4. The maximum Gasteiger partial charge on any atom is 0.276 e. The first kappa shape index (κ1) is 18.8. The van der Waals surface area contributed by atoms with E-state index in [0.29, 0.717) is 5.56 Å². The standard InChI is InChI=1S/C21H23N3O3/c1-17(25)18-8-10-20(11-9-18)23-15-13-22(14-16-23)12-4-6-19-5-2-3-7-21(19)24(26)27/h2-11H,12-16H2,1H3. The number of carbonyl (C=O) groups is 1. The van der Waals surface area contributed by atoms with Crippen LogP contribution in [0.3, 0.4) is 0 Å². The van der Waals surface area contributed by atoms with Gasteiger partial charge in [-0.15, -0.1) is 0 Å². The fourth-order valence-electron chi connectivity index (χ4n) is 3.22. The van der Waals surface area contributed by atoms with E-state index in [1.807, 2.05) is 42.5 Å². The van der Waals surface area contributed by atoms with Gasteiger partial charge >= 0.3 is 0 Å². The van der Waals surface area contributed by atoms with Gasteiger partial charge in [-0.2, -0.15) is 0 Å². The molecule has 0 atom stereocenters. The van der Waals surface area contributed by atoms with Crippen molar-refractivity contribution in [1.29, 1.82) is 0 Å². The number of nitro benzene ring substituents is 1. The quantitative estimate of drug-likeness (QED) is 0.444. The molecular formula is C21H23N3O3. The fraction of sp³-hybridized carbons (Fsp3) is 0.286. The third-order valence-corrected chi connectivity index (χ3v) is 4.81. The van der Waals surface area contributed by atoms with Gasteiger partial charge in [-0.1, -0.05) is 24.3 Å². The minimum Gasteiger partial charge on any atom is -0.369 e. The molecule has 0 unspecified atom stereocenters. The number of benzene rings is 2. The topological polar surface area (TPSA) is 66.7 Å². The van der Waals surface area contributed by atoms with Gasteiger partial charge in [0.15, 0.2) is 5.78 Å². The summed E-state index contributed by atoms with van der Waals surface area (Å²) >= 11 is 0. The van der Waals surface area contributed by atoms with Crippen LogP contribution < -0.4 is 4.90 Å². The van der Waals surface area contributed by atoms with Crippen LogP contribution in [0.25, 0.3) is 6.08 Å². The molecule has 1 saturated heterocycles. The van der Waals surface area contributed by atoms with Crippen molar-refractivity contribution in [3.05, 3.63) is 75.8 Å². The largest absolute Gasteiger partial charge is 0.369 e. The summed E-state index contributed by atoms with van der Waals surface area (Å²) in [5, 5.41) is 11.1. The Hall–Kier alpha value is -2.99. The Kier molecular flexibility index (Phi) is 5.98. The second-order valence-corrected chi connectivity index (χ2v) is 6.61. The molecule has 1 heterocycles. The molecule has 27 heavy (non-hydrogen) atoms. The van der Waals surface area contributed by atoms with Crippen molar-refractivity contribution in [2.75, 3.05) is 37.6 Å². The molecule has 0 radical (unpaired) electrons. The van der Waals surface area contributed by atoms with Crippen molar-refractivity contribution in [3.8, 4) is 0 Å². The fourth-order valence-corrected chi connectivity index (χ4v) is 3.22. The lowest BCUT2D eigenvalue weighted by Gasteiger charge is -2.35. The molecule has 2 aromatic rings. The Balaban J connectivity index is 1.52. The Labute approximate surface area is 158 Å². The van der Waals surface area contributed by atoms with E-state index in [1.165, 1.54) is 6.07 Å². The van der Waals surface area contributed by atoms with Crippen molar-refractivity contribution in [3.63, 3.8) is 0 Å². The van der Waals surface area contributed by atoms with E-state index in [9.17, 15) is 14.9 Å². The molecule has 0 N–H and O–H groups in total. The number of piperazine rings is 1. The number of rotatable bonds is 6. The molecule has 6 nitrogen and oxygen atoms in total. The van der Waals surface area contributed by atoms with E-state index in [0.717, 1.165) is 44.0 Å². The molecule has 0 aliphatic carbocycles. The van der Waals surface area contributed by atoms with E-state index < -0.39 is 0 Å². The van der Waals surface area contributed by atoms with Crippen LogP contribution in [-0.2, 0) is 0 Å². The lowest BCUT2D eigenvalue weighted by atomic mass is 10.1. The lowest BCUT2D eigenvalue weighted by Crippen LogP contribution is -2.46. The maximum absolute atomic E-state index is 11.4. The summed E-state index contributed by atoms with van der Waals surface area (Å²) in [6, 6.07) is 14.5. The third kappa shape index (κ3) is 4.80. The Morgan fingerprint density at radius 3 is 2.37 bits per heavy atom. The highest BCUT2D eigenvalue weighted by Gasteiger charge is 2.16. The molecule has 1 aliphatic heterocycles. The number of nitro groups is 1.